The predicted octanol–water partition coefficient (Wildman–Crippen LogP) is 7.03. The number of hydrogen-bond donors (Lipinski definition) is 5. The van der Waals surface area contributed by atoms with Crippen molar-refractivity contribution in [1.29, 1.82) is 0 Å². The summed E-state index contributed by atoms with van der Waals surface area (Å²) in [6, 6.07) is 15.6. The SMILES string of the molecule is C.CNC(=O)NC1CCOc2c(C(=O)Nc3ccc(F)c(F)c3)cccc21.Cl.NC1CCOc2c(C(=O)Nc3ccc(F)c(F)c3)cccc21. The molecule has 6 N–H and O–H groups in total. The van der Waals surface area contributed by atoms with Crippen LogP contribution < -0.4 is 36.5 Å². The van der Waals surface area contributed by atoms with E-state index in [0.717, 1.165) is 29.8 Å². The molecule has 2 aliphatic rings. The van der Waals surface area contributed by atoms with Gasteiger partial charge in [-0.2, -0.15) is 0 Å². The van der Waals surface area contributed by atoms with E-state index in [2.05, 4.69) is 21.3 Å². The van der Waals surface area contributed by atoms with Gasteiger partial charge in [0.05, 0.1) is 30.4 Å². The van der Waals surface area contributed by atoms with Crippen molar-refractivity contribution in [3.63, 3.8) is 0 Å². The fourth-order valence-corrected chi connectivity index (χ4v) is 5.16. The van der Waals surface area contributed by atoms with Gasteiger partial charge in [0, 0.05) is 60.6 Å². The van der Waals surface area contributed by atoms with Crippen molar-refractivity contribution in [1.82, 2.24) is 10.6 Å². The van der Waals surface area contributed by atoms with Crippen molar-refractivity contribution in [2.45, 2.75) is 32.4 Å². The number of fused-ring (bicyclic) bond motifs is 2. The molecule has 2 unspecified atom stereocenters. The first-order chi connectivity index (χ1) is 23.0. The van der Waals surface area contributed by atoms with Gasteiger partial charge in [-0.05, 0) is 36.4 Å². The molecule has 0 fully saturated rings. The second-order valence-electron chi connectivity index (χ2n) is 10.8. The number of para-hydroxylation sites is 2. The minimum atomic E-state index is -1.05. The van der Waals surface area contributed by atoms with Crippen molar-refractivity contribution in [3.8, 4) is 11.5 Å². The van der Waals surface area contributed by atoms with Crippen LogP contribution in [0.15, 0.2) is 72.8 Å². The highest BCUT2D eigenvalue weighted by atomic mass is 35.5. The average Bonchev–Trinajstić information content (AvgIpc) is 3.08. The van der Waals surface area contributed by atoms with Gasteiger partial charge in [-0.3, -0.25) is 9.59 Å². The number of nitrogens with one attached hydrogen (secondary N) is 4. The lowest BCUT2D eigenvalue weighted by Crippen LogP contribution is -2.38. The van der Waals surface area contributed by atoms with Gasteiger partial charge >= 0.3 is 6.03 Å². The van der Waals surface area contributed by atoms with Crippen molar-refractivity contribution in [2.75, 3.05) is 30.9 Å². The Morgan fingerprint density at radius 1 is 0.700 bits per heavy atom. The van der Waals surface area contributed by atoms with Gasteiger partial charge in [-0.15, -0.1) is 12.4 Å². The summed E-state index contributed by atoms with van der Waals surface area (Å²) in [5, 5.41) is 10.3. The highest BCUT2D eigenvalue weighted by Gasteiger charge is 2.27. The van der Waals surface area contributed by atoms with Crippen LogP contribution >= 0.6 is 12.4 Å². The minimum absolute atomic E-state index is 0. The highest BCUT2D eigenvalue weighted by Crippen LogP contribution is 2.36. The van der Waals surface area contributed by atoms with Crippen LogP contribution in [0.1, 0.15) is 64.2 Å². The summed E-state index contributed by atoms with van der Waals surface area (Å²) in [6.45, 7) is 0.765. The topological polar surface area (TPSA) is 144 Å². The van der Waals surface area contributed by atoms with Crippen LogP contribution in [-0.2, 0) is 0 Å². The zero-order valence-corrected chi connectivity index (χ0v) is 26.8. The summed E-state index contributed by atoms with van der Waals surface area (Å²) in [7, 11) is 1.52. The molecular formula is C35H36ClF4N5O5. The van der Waals surface area contributed by atoms with Crippen LogP contribution in [0, 0.1) is 23.3 Å². The zero-order chi connectivity index (χ0) is 34.4. The minimum Gasteiger partial charge on any atom is -0.492 e. The van der Waals surface area contributed by atoms with Gasteiger partial charge in [0.2, 0.25) is 0 Å². The van der Waals surface area contributed by atoms with Crippen molar-refractivity contribution >= 4 is 41.6 Å². The summed E-state index contributed by atoms with van der Waals surface area (Å²) >= 11 is 0. The van der Waals surface area contributed by atoms with Crippen molar-refractivity contribution < 1.29 is 41.4 Å². The molecule has 2 aliphatic heterocycles. The number of benzene rings is 4. The van der Waals surface area contributed by atoms with Crippen LogP contribution in [0.2, 0.25) is 0 Å². The first kappa shape index (κ1) is 39.1. The molecule has 0 spiro atoms. The lowest BCUT2D eigenvalue weighted by molar-refractivity contribution is 0.101. The first-order valence-electron chi connectivity index (χ1n) is 14.8. The van der Waals surface area contributed by atoms with Gasteiger partial charge in [-0.1, -0.05) is 31.7 Å². The van der Waals surface area contributed by atoms with Gasteiger partial charge in [-0.25, -0.2) is 22.4 Å². The van der Waals surface area contributed by atoms with E-state index in [1.807, 2.05) is 6.07 Å². The van der Waals surface area contributed by atoms with Crippen molar-refractivity contribution in [2.24, 2.45) is 5.73 Å². The molecule has 2 heterocycles. The summed E-state index contributed by atoms with van der Waals surface area (Å²) in [6.07, 6.45) is 1.25. The number of rotatable bonds is 5. The second-order valence-corrected chi connectivity index (χ2v) is 10.8. The average molecular weight is 718 g/mol. The molecule has 15 heteroatoms. The van der Waals surface area contributed by atoms with Crippen LogP contribution in [0.3, 0.4) is 0 Å². The van der Waals surface area contributed by atoms with Crippen LogP contribution in [-0.4, -0.2) is 38.1 Å². The lowest BCUT2D eigenvalue weighted by atomic mass is 9.97. The molecule has 10 nitrogen and oxygen atoms in total. The quantitative estimate of drug-likeness (QED) is 0.140. The van der Waals surface area contributed by atoms with E-state index in [1.54, 1.807) is 30.3 Å². The molecule has 4 aromatic rings. The molecule has 0 aliphatic carbocycles. The van der Waals surface area contributed by atoms with E-state index in [9.17, 15) is 31.9 Å². The fraction of sp³-hybridized carbons (Fsp3) is 0.229. The first-order valence-corrected chi connectivity index (χ1v) is 14.8. The molecule has 4 aromatic carbocycles. The number of ether oxygens (including phenoxy) is 2. The molecule has 266 valence electrons. The zero-order valence-electron chi connectivity index (χ0n) is 26.0. The predicted molar refractivity (Wildman–Crippen MR) is 183 cm³/mol. The summed E-state index contributed by atoms with van der Waals surface area (Å²) in [5.41, 5.74) is 8.31. The van der Waals surface area contributed by atoms with Crippen LogP contribution in [0.5, 0.6) is 11.5 Å². The Morgan fingerprint density at radius 3 is 1.68 bits per heavy atom. The van der Waals surface area contributed by atoms with Crippen LogP contribution in [0.4, 0.5) is 33.7 Å². The van der Waals surface area contributed by atoms with E-state index in [4.69, 9.17) is 15.2 Å². The Balaban J connectivity index is 0.000000263. The number of urea groups is 1. The van der Waals surface area contributed by atoms with E-state index in [-0.39, 0.29) is 54.9 Å². The van der Waals surface area contributed by atoms with Gasteiger partial charge in [0.15, 0.2) is 23.3 Å². The number of nitrogens with two attached hydrogens (primary N) is 1. The largest absolute Gasteiger partial charge is 0.492 e. The van der Waals surface area contributed by atoms with E-state index >= 15 is 0 Å². The highest BCUT2D eigenvalue weighted by molar-refractivity contribution is 6.07. The Labute approximate surface area is 292 Å². The Bertz CT molecular complexity index is 1860. The Kier molecular flexibility index (Phi) is 13.6. The summed E-state index contributed by atoms with van der Waals surface area (Å²) in [4.78, 5) is 36.5. The number of amides is 4. The monoisotopic (exact) mass is 717 g/mol. The normalized spacial score (nSPS) is 15.3. The number of hydrogen-bond acceptors (Lipinski definition) is 6. The number of carbonyl (C=O) groups is 3. The number of carbonyl (C=O) groups excluding carboxylic acids is 3. The summed E-state index contributed by atoms with van der Waals surface area (Å²) in [5.74, 6) is -4.21. The van der Waals surface area contributed by atoms with Crippen molar-refractivity contribution in [3.05, 3.63) is 118 Å². The lowest BCUT2D eigenvalue weighted by Gasteiger charge is -2.28. The van der Waals surface area contributed by atoms with E-state index in [0.29, 0.717) is 48.7 Å². The summed E-state index contributed by atoms with van der Waals surface area (Å²) < 4.78 is 63.6. The van der Waals surface area contributed by atoms with E-state index in [1.165, 1.54) is 19.2 Å². The Morgan fingerprint density at radius 2 is 1.18 bits per heavy atom. The number of halogens is 5. The fourth-order valence-electron chi connectivity index (χ4n) is 5.16. The van der Waals surface area contributed by atoms with Gasteiger partial charge in [0.25, 0.3) is 11.8 Å². The van der Waals surface area contributed by atoms with Gasteiger partial charge < -0.3 is 36.5 Å². The molecule has 50 heavy (non-hydrogen) atoms. The van der Waals surface area contributed by atoms with E-state index < -0.39 is 35.1 Å². The molecule has 2 atom stereocenters. The molecular weight excluding hydrogens is 682 g/mol. The molecule has 0 aromatic heterocycles. The maximum atomic E-state index is 13.3. The third kappa shape index (κ3) is 9.01. The molecule has 6 rings (SSSR count). The van der Waals surface area contributed by atoms with Crippen LogP contribution in [0.25, 0.3) is 0 Å². The molecule has 0 bridgehead atoms. The molecule has 0 radical (unpaired) electrons. The number of anilines is 2. The van der Waals surface area contributed by atoms with Gasteiger partial charge in [0.1, 0.15) is 11.5 Å². The standard InChI is InChI=1S/C18H17F2N3O3.C16H14F2N2O2.CH4.ClH/c1-21-18(25)23-15-7-8-26-16-11(15)3-2-4-12(16)17(24)22-10-5-6-13(19)14(20)9-10;17-12-5-4-9(8-13(12)18)20-16(21)11-3-1-2-10-14(19)6-7-22-15(10)11;;/h2-6,9,15H,7-8H2,1H3,(H,22,24)(H2,21,23,25);1-5,8,14H,6-7,19H2,(H,20,21);1H4;1H. The third-order valence-electron chi connectivity index (χ3n) is 7.57. The molecule has 0 saturated carbocycles. The maximum Gasteiger partial charge on any atom is 0.315 e. The maximum absolute atomic E-state index is 13.3. The molecule has 0 saturated heterocycles. The smallest absolute Gasteiger partial charge is 0.315 e. The molecule has 4 amide bonds. The third-order valence-corrected chi connectivity index (χ3v) is 7.57. The Hall–Kier alpha value is -5.34. The second kappa shape index (κ2) is 17.4.